The van der Waals surface area contributed by atoms with Gasteiger partial charge in [-0.05, 0) is 0 Å². The Labute approximate surface area is 57.8 Å². The van der Waals surface area contributed by atoms with E-state index in [0.717, 1.165) is 0 Å². The first-order valence-corrected chi connectivity index (χ1v) is 2.88. The van der Waals surface area contributed by atoms with Gasteiger partial charge in [-0.2, -0.15) is 12.6 Å². The molecule has 0 rings (SSSR count). The molecular formula is C4H7NO3S. The fourth-order valence-electron chi connectivity index (χ4n) is 0.201. The molecule has 0 heterocycles. The maximum Gasteiger partial charge on any atom is 0.327 e. The van der Waals surface area contributed by atoms with Gasteiger partial charge in [0.15, 0.2) is 0 Å². The molecule has 5 heteroatoms. The van der Waals surface area contributed by atoms with Gasteiger partial charge < -0.3 is 10.5 Å². The summed E-state index contributed by atoms with van der Waals surface area (Å²) in [6.45, 7) is -0.278. The highest BCUT2D eigenvalue weighted by molar-refractivity contribution is 7.81. The van der Waals surface area contributed by atoms with E-state index in [2.05, 4.69) is 17.4 Å². The number of thiol groups is 1. The average molecular weight is 149 g/mol. The van der Waals surface area contributed by atoms with Crippen LogP contribution in [0, 0.1) is 0 Å². The molecule has 0 aromatic heterocycles. The molecule has 0 fully saturated rings. The third-order valence-corrected chi connectivity index (χ3v) is 0.782. The average Bonchev–Trinajstić information content (AvgIpc) is 1.87. The van der Waals surface area contributed by atoms with E-state index in [1.807, 2.05) is 0 Å². The molecule has 0 bridgehead atoms. The van der Waals surface area contributed by atoms with Crippen LogP contribution in [0.3, 0.4) is 0 Å². The lowest BCUT2D eigenvalue weighted by Gasteiger charge is -1.95. The summed E-state index contributed by atoms with van der Waals surface area (Å²) in [5, 5.41) is 0. The van der Waals surface area contributed by atoms with Crippen molar-refractivity contribution in [3.05, 3.63) is 0 Å². The molecule has 0 aromatic rings. The zero-order chi connectivity index (χ0) is 7.28. The second-order valence-electron chi connectivity index (χ2n) is 1.21. The highest BCUT2D eigenvalue weighted by atomic mass is 32.1. The SMILES string of the molecule is NCC(=O)OC(=O)CS. The summed E-state index contributed by atoms with van der Waals surface area (Å²) >= 11 is 3.56. The fraction of sp³-hybridized carbons (Fsp3) is 0.500. The summed E-state index contributed by atoms with van der Waals surface area (Å²) in [4.78, 5) is 20.4. The number of hydrogen-bond acceptors (Lipinski definition) is 5. The largest absolute Gasteiger partial charge is 0.392 e. The van der Waals surface area contributed by atoms with Crippen LogP contribution < -0.4 is 5.73 Å². The molecule has 0 aliphatic heterocycles. The smallest absolute Gasteiger partial charge is 0.327 e. The number of esters is 2. The van der Waals surface area contributed by atoms with Crippen molar-refractivity contribution < 1.29 is 14.3 Å². The summed E-state index contributed by atoms with van der Waals surface area (Å²) in [6, 6.07) is 0. The minimum Gasteiger partial charge on any atom is -0.392 e. The van der Waals surface area contributed by atoms with E-state index in [-0.39, 0.29) is 12.3 Å². The van der Waals surface area contributed by atoms with Crippen LogP contribution >= 0.6 is 12.6 Å². The van der Waals surface area contributed by atoms with Gasteiger partial charge in [-0.15, -0.1) is 0 Å². The Morgan fingerprint density at radius 2 is 2.00 bits per heavy atom. The maximum atomic E-state index is 10.2. The number of ether oxygens (including phenoxy) is 1. The molecule has 0 atom stereocenters. The molecule has 0 aliphatic rings. The van der Waals surface area contributed by atoms with Crippen LogP contribution in [0.25, 0.3) is 0 Å². The summed E-state index contributed by atoms with van der Waals surface area (Å²) < 4.78 is 4.07. The van der Waals surface area contributed by atoms with Gasteiger partial charge in [-0.1, -0.05) is 0 Å². The molecule has 2 N–H and O–H groups in total. The summed E-state index contributed by atoms with van der Waals surface area (Å²) in [5.74, 6) is -1.51. The number of nitrogens with two attached hydrogens (primary N) is 1. The Balaban J connectivity index is 3.47. The third-order valence-electron chi connectivity index (χ3n) is 0.523. The standard InChI is InChI=1S/C4H7NO3S/c5-1-3(6)8-4(7)2-9/h9H,1-2,5H2. The number of carbonyl (C=O) groups is 2. The van der Waals surface area contributed by atoms with Crippen LogP contribution in [0.2, 0.25) is 0 Å². The van der Waals surface area contributed by atoms with Crippen LogP contribution in [-0.4, -0.2) is 24.2 Å². The lowest BCUT2D eigenvalue weighted by molar-refractivity contribution is -0.156. The van der Waals surface area contributed by atoms with Gasteiger partial charge in [0, 0.05) is 0 Å². The zero-order valence-electron chi connectivity index (χ0n) is 4.66. The molecule has 0 radical (unpaired) electrons. The van der Waals surface area contributed by atoms with Crippen molar-refractivity contribution in [3.63, 3.8) is 0 Å². The molecule has 0 saturated heterocycles. The van der Waals surface area contributed by atoms with Crippen molar-refractivity contribution in [2.45, 2.75) is 0 Å². The predicted molar refractivity (Wildman–Crippen MR) is 34.0 cm³/mol. The first-order valence-electron chi connectivity index (χ1n) is 2.25. The minimum atomic E-state index is -0.728. The minimum absolute atomic E-state index is 0.105. The van der Waals surface area contributed by atoms with E-state index >= 15 is 0 Å². The highest BCUT2D eigenvalue weighted by Crippen LogP contribution is 1.81. The van der Waals surface area contributed by atoms with Crippen LogP contribution in [0.5, 0.6) is 0 Å². The lowest BCUT2D eigenvalue weighted by atomic mass is 10.7. The quantitative estimate of drug-likeness (QED) is 0.298. The van der Waals surface area contributed by atoms with Crippen molar-refractivity contribution in [3.8, 4) is 0 Å². The van der Waals surface area contributed by atoms with Crippen LogP contribution in [-0.2, 0) is 14.3 Å². The molecule has 0 aromatic carbocycles. The maximum absolute atomic E-state index is 10.2. The second-order valence-corrected chi connectivity index (χ2v) is 1.52. The van der Waals surface area contributed by atoms with E-state index in [9.17, 15) is 9.59 Å². The monoisotopic (exact) mass is 149 g/mol. The van der Waals surface area contributed by atoms with E-state index < -0.39 is 11.9 Å². The van der Waals surface area contributed by atoms with Crippen LogP contribution in [0.1, 0.15) is 0 Å². The Morgan fingerprint density at radius 1 is 1.44 bits per heavy atom. The first-order chi connectivity index (χ1) is 4.20. The van der Waals surface area contributed by atoms with Gasteiger partial charge in [0.05, 0.1) is 12.3 Å². The first kappa shape index (κ1) is 8.45. The van der Waals surface area contributed by atoms with Crippen molar-refractivity contribution >= 4 is 24.6 Å². The van der Waals surface area contributed by atoms with Gasteiger partial charge in [0.1, 0.15) is 0 Å². The Morgan fingerprint density at radius 3 is 2.33 bits per heavy atom. The third kappa shape index (κ3) is 3.99. The topological polar surface area (TPSA) is 69.4 Å². The van der Waals surface area contributed by atoms with Gasteiger partial charge >= 0.3 is 11.9 Å². The molecule has 52 valence electrons. The van der Waals surface area contributed by atoms with Crippen molar-refractivity contribution in [1.82, 2.24) is 0 Å². The molecule has 0 unspecified atom stereocenters. The molecular weight excluding hydrogens is 142 g/mol. The molecule has 0 spiro atoms. The van der Waals surface area contributed by atoms with Gasteiger partial charge in [-0.3, -0.25) is 9.59 Å². The second kappa shape index (κ2) is 4.34. The van der Waals surface area contributed by atoms with Crippen molar-refractivity contribution in [1.29, 1.82) is 0 Å². The van der Waals surface area contributed by atoms with E-state index in [0.29, 0.717) is 0 Å². The lowest BCUT2D eigenvalue weighted by Crippen LogP contribution is -2.21. The van der Waals surface area contributed by atoms with E-state index in [1.54, 1.807) is 0 Å². The number of rotatable bonds is 2. The van der Waals surface area contributed by atoms with E-state index in [1.165, 1.54) is 0 Å². The predicted octanol–water partition coefficient (Wildman–Crippen LogP) is -1.06. The zero-order valence-corrected chi connectivity index (χ0v) is 5.56. The van der Waals surface area contributed by atoms with Crippen LogP contribution in [0.4, 0.5) is 0 Å². The van der Waals surface area contributed by atoms with Gasteiger partial charge in [0.2, 0.25) is 0 Å². The van der Waals surface area contributed by atoms with Gasteiger partial charge in [-0.25, -0.2) is 0 Å². The van der Waals surface area contributed by atoms with Crippen molar-refractivity contribution in [2.24, 2.45) is 5.73 Å². The fourth-order valence-corrected chi connectivity index (χ4v) is 0.265. The normalized spacial score (nSPS) is 8.67. The molecule has 0 aliphatic carbocycles. The van der Waals surface area contributed by atoms with Gasteiger partial charge in [0.25, 0.3) is 0 Å². The molecule has 9 heavy (non-hydrogen) atoms. The summed E-state index contributed by atoms with van der Waals surface area (Å²) in [7, 11) is 0. The molecule has 4 nitrogen and oxygen atoms in total. The Kier molecular flexibility index (Phi) is 4.08. The number of carbonyl (C=O) groups excluding carboxylic acids is 2. The van der Waals surface area contributed by atoms with Crippen molar-refractivity contribution in [2.75, 3.05) is 12.3 Å². The Bertz CT molecular complexity index is 111. The number of hydrogen-bond donors (Lipinski definition) is 2. The van der Waals surface area contributed by atoms with Crippen LogP contribution in [0.15, 0.2) is 0 Å². The van der Waals surface area contributed by atoms with E-state index in [4.69, 9.17) is 5.73 Å². The Hall–Kier alpha value is -0.550. The molecule has 0 amide bonds. The summed E-state index contributed by atoms with van der Waals surface area (Å²) in [5.41, 5.74) is 4.82. The summed E-state index contributed by atoms with van der Waals surface area (Å²) in [6.07, 6.45) is 0. The highest BCUT2D eigenvalue weighted by Gasteiger charge is 2.04. The molecule has 0 saturated carbocycles.